The molecule has 4 rings (SSSR count). The summed E-state index contributed by atoms with van der Waals surface area (Å²) in [6, 6.07) is 19.5. The van der Waals surface area contributed by atoms with Crippen molar-refractivity contribution in [3.05, 3.63) is 94.8 Å². The fourth-order valence-corrected chi connectivity index (χ4v) is 4.70. The summed E-state index contributed by atoms with van der Waals surface area (Å²) in [6.45, 7) is 0. The van der Waals surface area contributed by atoms with Crippen molar-refractivity contribution >= 4 is 58.0 Å². The standard InChI is InChI=1S/C24H18Cl3FN2O2/c1-30(17-10-7-15(28)8-11-17)23(32)18-13-16(9-12-19(18)25)29-22(31)21-20(24(21,26)27)14-5-3-2-4-6-14/h2-13,20-21H,1H3,(H,29,31). The first-order valence-electron chi connectivity index (χ1n) is 9.77. The largest absolute Gasteiger partial charge is 0.326 e. The van der Waals surface area contributed by atoms with Crippen molar-refractivity contribution in [2.24, 2.45) is 5.92 Å². The molecule has 3 aromatic carbocycles. The van der Waals surface area contributed by atoms with E-state index in [0.717, 1.165) is 5.56 Å². The Bertz CT molecular complexity index is 1170. The number of amides is 2. The van der Waals surface area contributed by atoms with Crippen LogP contribution in [-0.2, 0) is 4.79 Å². The van der Waals surface area contributed by atoms with Crippen molar-refractivity contribution in [2.45, 2.75) is 10.3 Å². The third-order valence-electron chi connectivity index (χ3n) is 5.48. The van der Waals surface area contributed by atoms with Gasteiger partial charge in [-0.2, -0.15) is 0 Å². The predicted molar refractivity (Wildman–Crippen MR) is 126 cm³/mol. The predicted octanol–water partition coefficient (Wildman–Crippen LogP) is 6.28. The van der Waals surface area contributed by atoms with Crippen LogP contribution in [0.5, 0.6) is 0 Å². The average molecular weight is 492 g/mol. The van der Waals surface area contributed by atoms with Crippen LogP contribution in [0.15, 0.2) is 72.8 Å². The van der Waals surface area contributed by atoms with E-state index >= 15 is 0 Å². The van der Waals surface area contributed by atoms with Crippen LogP contribution in [0.25, 0.3) is 0 Å². The van der Waals surface area contributed by atoms with Crippen molar-refractivity contribution in [1.29, 1.82) is 0 Å². The number of nitrogens with zero attached hydrogens (tertiary/aromatic N) is 1. The zero-order valence-corrected chi connectivity index (χ0v) is 19.1. The third kappa shape index (κ3) is 4.33. The fourth-order valence-electron chi connectivity index (χ4n) is 3.68. The molecule has 2 amide bonds. The maximum absolute atomic E-state index is 13.2. The summed E-state index contributed by atoms with van der Waals surface area (Å²) in [5.74, 6) is -2.12. The second-order valence-corrected chi connectivity index (χ2v) is 9.42. The van der Waals surface area contributed by atoms with E-state index in [1.165, 1.54) is 41.3 Å². The first kappa shape index (κ1) is 22.6. The van der Waals surface area contributed by atoms with Gasteiger partial charge in [0, 0.05) is 24.3 Å². The Morgan fingerprint density at radius 1 is 1.00 bits per heavy atom. The molecule has 0 saturated heterocycles. The molecule has 1 fully saturated rings. The molecule has 1 saturated carbocycles. The van der Waals surface area contributed by atoms with Crippen molar-refractivity contribution in [1.82, 2.24) is 0 Å². The van der Waals surface area contributed by atoms with Gasteiger partial charge in [-0.05, 0) is 48.0 Å². The van der Waals surface area contributed by atoms with E-state index in [4.69, 9.17) is 34.8 Å². The van der Waals surface area contributed by atoms with Crippen molar-refractivity contribution in [3.63, 3.8) is 0 Å². The van der Waals surface area contributed by atoms with Gasteiger partial charge in [0.25, 0.3) is 5.91 Å². The Kier molecular flexibility index (Phi) is 6.17. The van der Waals surface area contributed by atoms with Gasteiger partial charge < -0.3 is 10.2 Å². The van der Waals surface area contributed by atoms with Gasteiger partial charge in [0.1, 0.15) is 10.2 Å². The molecule has 8 heteroatoms. The smallest absolute Gasteiger partial charge is 0.259 e. The van der Waals surface area contributed by atoms with Crippen LogP contribution in [0.1, 0.15) is 21.8 Å². The number of carbonyl (C=O) groups is 2. The highest BCUT2D eigenvalue weighted by molar-refractivity contribution is 6.53. The summed E-state index contributed by atoms with van der Waals surface area (Å²) < 4.78 is 12.0. The molecule has 164 valence electrons. The number of alkyl halides is 2. The molecule has 0 heterocycles. The van der Waals surface area contributed by atoms with Crippen molar-refractivity contribution < 1.29 is 14.0 Å². The molecule has 1 aliphatic carbocycles. The summed E-state index contributed by atoms with van der Waals surface area (Å²) >= 11 is 19.0. The minimum Gasteiger partial charge on any atom is -0.326 e. The van der Waals surface area contributed by atoms with Gasteiger partial charge in [-0.15, -0.1) is 23.2 Å². The SMILES string of the molecule is CN(C(=O)c1cc(NC(=O)C2C(c3ccccc3)C2(Cl)Cl)ccc1Cl)c1ccc(F)cc1. The molecular weight excluding hydrogens is 474 g/mol. The molecule has 4 nitrogen and oxygen atoms in total. The van der Waals surface area contributed by atoms with Crippen LogP contribution in [-0.4, -0.2) is 23.2 Å². The second-order valence-electron chi connectivity index (χ2n) is 7.57. The molecule has 0 aromatic heterocycles. The van der Waals surface area contributed by atoms with Crippen LogP contribution >= 0.6 is 34.8 Å². The Labute approximate surface area is 199 Å². The van der Waals surface area contributed by atoms with Crippen LogP contribution < -0.4 is 10.2 Å². The topological polar surface area (TPSA) is 49.4 Å². The summed E-state index contributed by atoms with van der Waals surface area (Å²) in [5, 5.41) is 3.00. The monoisotopic (exact) mass is 490 g/mol. The molecule has 1 aliphatic rings. The molecule has 3 aromatic rings. The molecule has 2 unspecified atom stereocenters. The molecule has 0 spiro atoms. The van der Waals surface area contributed by atoms with Crippen LogP contribution in [0, 0.1) is 11.7 Å². The summed E-state index contributed by atoms with van der Waals surface area (Å²) in [5.41, 5.74) is 1.96. The first-order chi connectivity index (χ1) is 15.2. The lowest BCUT2D eigenvalue weighted by Gasteiger charge is -2.18. The first-order valence-corrected chi connectivity index (χ1v) is 10.9. The van der Waals surface area contributed by atoms with E-state index in [1.807, 2.05) is 30.3 Å². The molecule has 0 radical (unpaired) electrons. The zero-order chi connectivity index (χ0) is 23.0. The van der Waals surface area contributed by atoms with E-state index in [9.17, 15) is 14.0 Å². The van der Waals surface area contributed by atoms with Crippen LogP contribution in [0.2, 0.25) is 5.02 Å². The molecular formula is C24H18Cl3FN2O2. The number of rotatable bonds is 5. The van der Waals surface area contributed by atoms with E-state index < -0.39 is 22.0 Å². The van der Waals surface area contributed by atoms with E-state index in [2.05, 4.69) is 5.32 Å². The van der Waals surface area contributed by atoms with Gasteiger partial charge in [-0.25, -0.2) is 4.39 Å². The Balaban J connectivity index is 1.52. The van der Waals surface area contributed by atoms with Gasteiger partial charge in [0.15, 0.2) is 0 Å². The van der Waals surface area contributed by atoms with Gasteiger partial charge >= 0.3 is 0 Å². The molecule has 2 atom stereocenters. The second kappa shape index (κ2) is 8.74. The highest BCUT2D eigenvalue weighted by atomic mass is 35.5. The third-order valence-corrected chi connectivity index (χ3v) is 6.75. The van der Waals surface area contributed by atoms with E-state index in [-0.39, 0.29) is 22.4 Å². The van der Waals surface area contributed by atoms with E-state index in [1.54, 1.807) is 13.1 Å². The molecule has 32 heavy (non-hydrogen) atoms. The normalized spacial score (nSPS) is 18.7. The summed E-state index contributed by atoms with van der Waals surface area (Å²) in [7, 11) is 1.56. The van der Waals surface area contributed by atoms with Gasteiger partial charge in [0.2, 0.25) is 5.91 Å². The molecule has 0 aliphatic heterocycles. The summed E-state index contributed by atoms with van der Waals surface area (Å²) in [4.78, 5) is 27.2. The van der Waals surface area contributed by atoms with Crippen molar-refractivity contribution in [3.8, 4) is 0 Å². The minimum absolute atomic E-state index is 0.190. The Hall–Kier alpha value is -2.60. The minimum atomic E-state index is -1.21. The number of anilines is 2. The number of hydrogen-bond acceptors (Lipinski definition) is 2. The van der Waals surface area contributed by atoms with Gasteiger partial charge in [0.05, 0.1) is 16.5 Å². The lowest BCUT2D eigenvalue weighted by atomic mass is 10.1. The lowest BCUT2D eigenvalue weighted by Crippen LogP contribution is -2.26. The molecule has 1 N–H and O–H groups in total. The van der Waals surface area contributed by atoms with E-state index in [0.29, 0.717) is 11.4 Å². The highest BCUT2D eigenvalue weighted by Gasteiger charge is 2.67. The number of hydrogen-bond donors (Lipinski definition) is 1. The fraction of sp³-hybridized carbons (Fsp3) is 0.167. The quantitative estimate of drug-likeness (QED) is 0.427. The maximum Gasteiger partial charge on any atom is 0.259 e. The Morgan fingerprint density at radius 2 is 1.66 bits per heavy atom. The van der Waals surface area contributed by atoms with Crippen LogP contribution in [0.3, 0.4) is 0 Å². The Morgan fingerprint density at radius 3 is 2.31 bits per heavy atom. The van der Waals surface area contributed by atoms with Gasteiger partial charge in [-0.1, -0.05) is 41.9 Å². The zero-order valence-electron chi connectivity index (χ0n) is 16.9. The number of benzene rings is 3. The molecule has 0 bridgehead atoms. The average Bonchev–Trinajstić information content (AvgIpc) is 3.37. The lowest BCUT2D eigenvalue weighted by molar-refractivity contribution is -0.117. The summed E-state index contributed by atoms with van der Waals surface area (Å²) in [6.07, 6.45) is 0. The number of carbonyl (C=O) groups excluding carboxylic acids is 2. The number of halogens is 4. The highest BCUT2D eigenvalue weighted by Crippen LogP contribution is 2.65. The maximum atomic E-state index is 13.2. The van der Waals surface area contributed by atoms with Gasteiger partial charge in [-0.3, -0.25) is 9.59 Å². The van der Waals surface area contributed by atoms with Crippen molar-refractivity contribution in [2.75, 3.05) is 17.3 Å². The number of nitrogens with one attached hydrogen (secondary N) is 1. The van der Waals surface area contributed by atoms with Crippen LogP contribution in [0.4, 0.5) is 15.8 Å².